The van der Waals surface area contributed by atoms with Gasteiger partial charge in [0.2, 0.25) is 0 Å². The Kier molecular flexibility index (Phi) is 4.55. The van der Waals surface area contributed by atoms with E-state index in [1.807, 2.05) is 0 Å². The lowest BCUT2D eigenvalue weighted by Gasteiger charge is -2.29. The zero-order chi connectivity index (χ0) is 16.7. The minimum absolute atomic E-state index is 0.0959. The fourth-order valence-corrected chi connectivity index (χ4v) is 3.62. The number of aliphatic hydroxyl groups excluding tert-OH is 2. The van der Waals surface area contributed by atoms with Gasteiger partial charge in [0.05, 0.1) is 11.2 Å². The molecule has 0 aromatic carbocycles. The second kappa shape index (κ2) is 5.81. The van der Waals surface area contributed by atoms with E-state index in [1.54, 1.807) is 6.92 Å². The van der Waals surface area contributed by atoms with Crippen LogP contribution in [0.4, 0.5) is 0 Å². The van der Waals surface area contributed by atoms with Gasteiger partial charge in [-0.2, -0.15) is 0 Å². The van der Waals surface area contributed by atoms with Gasteiger partial charge in [-0.1, -0.05) is 0 Å². The van der Waals surface area contributed by atoms with Crippen molar-refractivity contribution in [1.29, 1.82) is 0 Å². The molecule has 8 heteroatoms. The second-order valence-corrected chi connectivity index (χ2v) is 11.0. The van der Waals surface area contributed by atoms with E-state index in [9.17, 15) is 19.8 Å². The summed E-state index contributed by atoms with van der Waals surface area (Å²) in [5.74, 6) is 0. The summed E-state index contributed by atoms with van der Waals surface area (Å²) < 4.78 is 5.82. The number of hydrogen-bond donors (Lipinski definition) is 4. The van der Waals surface area contributed by atoms with Crippen molar-refractivity contribution in [3.05, 3.63) is 32.6 Å². The molecule has 0 spiro atoms. The average Bonchev–Trinajstić information content (AvgIpc) is 2.61. The lowest BCUT2D eigenvalue weighted by Crippen LogP contribution is -2.41. The van der Waals surface area contributed by atoms with Crippen molar-refractivity contribution in [2.24, 2.45) is 0 Å². The highest BCUT2D eigenvalue weighted by atomic mass is 31.2. The lowest BCUT2D eigenvalue weighted by atomic mass is 9.93. The standard InChI is InChI=1S/C14H23N2O5P/c1-14(5-6-22(2,3)4)11(18)9(17)10(21-14)8-7-15-13(20)16-12(8)19/h7,9-11,17-18H,2,5-6H2,1,3-4H3,(H2,15,16,19,20)/t9-,10-,11-,14+/m0/s1. The van der Waals surface area contributed by atoms with Crippen molar-refractivity contribution in [1.82, 2.24) is 9.97 Å². The van der Waals surface area contributed by atoms with Crippen LogP contribution in [0.5, 0.6) is 0 Å². The van der Waals surface area contributed by atoms with Crippen molar-refractivity contribution in [2.75, 3.05) is 19.5 Å². The lowest BCUT2D eigenvalue weighted by molar-refractivity contribution is -0.0724. The second-order valence-electron chi connectivity index (χ2n) is 6.72. The van der Waals surface area contributed by atoms with Crippen molar-refractivity contribution in [3.8, 4) is 0 Å². The molecule has 1 aromatic heterocycles. The monoisotopic (exact) mass is 330 g/mol. The van der Waals surface area contributed by atoms with E-state index in [4.69, 9.17) is 4.74 Å². The maximum Gasteiger partial charge on any atom is 0.325 e. The van der Waals surface area contributed by atoms with Gasteiger partial charge in [-0.3, -0.25) is 9.78 Å². The van der Waals surface area contributed by atoms with Crippen molar-refractivity contribution >= 4 is 13.2 Å². The zero-order valence-electron chi connectivity index (χ0n) is 13.0. The molecule has 1 aliphatic heterocycles. The molecule has 1 aliphatic rings. The van der Waals surface area contributed by atoms with Crippen LogP contribution < -0.4 is 11.2 Å². The maximum absolute atomic E-state index is 11.9. The first-order valence-electron chi connectivity index (χ1n) is 7.07. The predicted octanol–water partition coefficient (Wildman–Crippen LogP) is -0.286. The Morgan fingerprint density at radius 2 is 2.05 bits per heavy atom. The topological polar surface area (TPSA) is 115 Å². The summed E-state index contributed by atoms with van der Waals surface area (Å²) >= 11 is 0. The van der Waals surface area contributed by atoms with E-state index in [0.717, 1.165) is 6.16 Å². The first kappa shape index (κ1) is 17.2. The number of aromatic nitrogens is 2. The summed E-state index contributed by atoms with van der Waals surface area (Å²) in [6.45, 7) is 4.58. The molecule has 0 amide bonds. The highest BCUT2D eigenvalue weighted by Gasteiger charge is 2.51. The maximum atomic E-state index is 11.9. The number of H-pyrrole nitrogens is 2. The molecule has 2 heterocycles. The molecule has 0 unspecified atom stereocenters. The number of aromatic amines is 2. The van der Waals surface area contributed by atoms with Crippen LogP contribution in [-0.4, -0.2) is 63.8 Å². The van der Waals surface area contributed by atoms with E-state index in [2.05, 4.69) is 29.6 Å². The smallest absolute Gasteiger partial charge is 0.325 e. The van der Waals surface area contributed by atoms with E-state index < -0.39 is 42.0 Å². The number of aliphatic hydroxyl groups is 2. The molecule has 0 radical (unpaired) electrons. The number of nitrogens with one attached hydrogen (secondary N) is 2. The van der Waals surface area contributed by atoms with Gasteiger partial charge in [-0.25, -0.2) is 4.79 Å². The predicted molar refractivity (Wildman–Crippen MR) is 87.3 cm³/mol. The van der Waals surface area contributed by atoms with E-state index in [1.165, 1.54) is 6.20 Å². The molecule has 7 nitrogen and oxygen atoms in total. The van der Waals surface area contributed by atoms with Crippen molar-refractivity contribution in [2.45, 2.75) is 37.3 Å². The molecule has 0 bridgehead atoms. The van der Waals surface area contributed by atoms with Crippen LogP contribution in [0.2, 0.25) is 0 Å². The molecule has 0 saturated carbocycles. The van der Waals surface area contributed by atoms with Gasteiger partial charge in [-0.15, -0.1) is 13.2 Å². The first-order valence-corrected chi connectivity index (χ1v) is 10.1. The van der Waals surface area contributed by atoms with Crippen LogP contribution in [0, 0.1) is 0 Å². The summed E-state index contributed by atoms with van der Waals surface area (Å²) in [4.78, 5) is 27.4. The number of hydrogen-bond acceptors (Lipinski definition) is 5. The van der Waals surface area contributed by atoms with Gasteiger partial charge in [0, 0.05) is 6.20 Å². The molecule has 4 N–H and O–H groups in total. The highest BCUT2D eigenvalue weighted by molar-refractivity contribution is 7.72. The summed E-state index contributed by atoms with van der Waals surface area (Å²) in [5.41, 5.74) is -2.12. The van der Waals surface area contributed by atoms with Crippen molar-refractivity contribution < 1.29 is 14.9 Å². The third kappa shape index (κ3) is 3.43. The normalized spacial score (nSPS) is 32.3. The first-order chi connectivity index (χ1) is 10.0. The van der Waals surface area contributed by atoms with E-state index >= 15 is 0 Å². The quantitative estimate of drug-likeness (QED) is 0.567. The Hall–Kier alpha value is -1.14. The Bertz CT molecular complexity index is 706. The van der Waals surface area contributed by atoms with Gasteiger partial charge >= 0.3 is 5.69 Å². The van der Waals surface area contributed by atoms with Gasteiger partial charge < -0.3 is 19.9 Å². The Labute approximate surface area is 128 Å². The van der Waals surface area contributed by atoms with Crippen molar-refractivity contribution in [3.63, 3.8) is 0 Å². The molecule has 4 atom stereocenters. The fourth-order valence-electron chi connectivity index (χ4n) is 2.57. The fraction of sp³-hybridized carbons (Fsp3) is 0.643. The van der Waals surface area contributed by atoms with Gasteiger partial charge in [0.1, 0.15) is 18.3 Å². The van der Waals surface area contributed by atoms with Crippen LogP contribution in [0.3, 0.4) is 0 Å². The molecule has 2 rings (SSSR count). The molecular weight excluding hydrogens is 307 g/mol. The molecule has 1 aromatic rings. The number of rotatable bonds is 4. The summed E-state index contributed by atoms with van der Waals surface area (Å²) in [7, 11) is 0. The van der Waals surface area contributed by atoms with Crippen LogP contribution in [0.1, 0.15) is 25.0 Å². The summed E-state index contributed by atoms with van der Waals surface area (Å²) in [5, 5.41) is 20.6. The molecule has 124 valence electrons. The molecule has 22 heavy (non-hydrogen) atoms. The van der Waals surface area contributed by atoms with Gasteiger partial charge in [-0.05, 0) is 32.8 Å². The summed E-state index contributed by atoms with van der Waals surface area (Å²) in [6, 6.07) is 0. The molecule has 1 saturated heterocycles. The van der Waals surface area contributed by atoms with E-state index in [-0.39, 0.29) is 5.56 Å². The third-order valence-electron chi connectivity index (χ3n) is 4.02. The Balaban J connectivity index is 2.28. The third-order valence-corrected chi connectivity index (χ3v) is 5.46. The molecular formula is C14H23N2O5P. The van der Waals surface area contributed by atoms with Gasteiger partial charge in [0.25, 0.3) is 5.56 Å². The van der Waals surface area contributed by atoms with Crippen LogP contribution in [-0.2, 0) is 4.74 Å². The van der Waals surface area contributed by atoms with Crippen LogP contribution in [0.25, 0.3) is 0 Å². The Morgan fingerprint density at radius 1 is 1.41 bits per heavy atom. The van der Waals surface area contributed by atoms with Crippen LogP contribution >= 0.6 is 6.89 Å². The SMILES string of the molecule is C=P(C)(C)CC[C@@]1(C)O[C@@H](c2c[nH]c(=O)[nH]c2=O)[C@H](O)[C@@H]1O. The average molecular weight is 330 g/mol. The Morgan fingerprint density at radius 3 is 2.59 bits per heavy atom. The largest absolute Gasteiger partial charge is 0.387 e. The molecule has 1 fully saturated rings. The zero-order valence-corrected chi connectivity index (χ0v) is 13.9. The minimum atomic E-state index is -1.30. The van der Waals surface area contributed by atoms with E-state index in [0.29, 0.717) is 6.42 Å². The minimum Gasteiger partial charge on any atom is -0.387 e. The highest BCUT2D eigenvalue weighted by Crippen LogP contribution is 2.45. The molecule has 0 aliphatic carbocycles. The summed E-state index contributed by atoms with van der Waals surface area (Å²) in [6.07, 6.45) is 3.34. The van der Waals surface area contributed by atoms with Crippen LogP contribution in [0.15, 0.2) is 15.8 Å². The van der Waals surface area contributed by atoms with Gasteiger partial charge in [0.15, 0.2) is 0 Å². The number of ether oxygens (including phenoxy) is 1.